The second-order valence-corrected chi connectivity index (χ2v) is 35.1. The molecule has 10 rings (SSSR count). The molecule has 2 aromatic rings. The predicted molar refractivity (Wildman–Crippen MR) is 339 cm³/mol. The molecule has 0 unspecified atom stereocenters. The van der Waals surface area contributed by atoms with Crippen LogP contribution in [-0.2, 0) is 32.2 Å². The fourth-order valence-electron chi connectivity index (χ4n) is 19.9. The van der Waals surface area contributed by atoms with Crippen LogP contribution in [0.1, 0.15) is 210 Å². The molecule has 0 radical (unpaired) electrons. The number of pyridine rings is 2. The average Bonchev–Trinajstić information content (AvgIpc) is 1.36. The summed E-state index contributed by atoms with van der Waals surface area (Å²) >= 11 is 0. The quantitative estimate of drug-likeness (QED) is 0.0509. The number of rotatable bonds is 18. The van der Waals surface area contributed by atoms with E-state index in [0.717, 1.165) is 110 Å². The van der Waals surface area contributed by atoms with Crippen molar-refractivity contribution in [1.29, 1.82) is 0 Å². The zero-order valence-electron chi connectivity index (χ0n) is 55.7. The van der Waals surface area contributed by atoms with Gasteiger partial charge in [0, 0.05) is 25.0 Å². The number of nitrogens with one attached hydrogen (secondary N) is 2. The first-order valence-electron chi connectivity index (χ1n) is 34.1. The van der Waals surface area contributed by atoms with E-state index in [9.17, 15) is 64.7 Å². The number of amides is 2. The SMILES string of the molecule is CC(C)CCC[C@@H](C)[C@H]1CC[C@H]2[C@@H]3CC=C4C[C@@H](OC(=O)C[n+]5cccc(NC(=O)Nc6ccc[n+](CC(=O)O[C@H]7CC[C@@]8(C)C(=CC[C@H]9[C@@H]%10CC[C@H]([C@H](C)CCCC(C)C)[C@@]%10(C)CC[C@@H]98)C7)c6)c5)CC[C@]4(C)[C@H]3CC[C@]12C.F[P-](F)(F)(F)(F)F.F[P-](F)(F)(F)(F)F. The standard InChI is InChI=1S/C69H103N4O5.2F6P/c1-45(2)15-11-17-47(5)57-25-27-59-55-23-21-49-39-53(29-33-66(49,7)61(55)31-35-68(57,59)9)77-63(74)43-72-37-13-19-51(41-72)70-65(76)71-52-20-14-38-73(42-52)44-64(75)78-54-30-34-67(8)50(40-54)22-24-56-60-28-26-58(48(6)18-12-16-46(3)4)69(60,10)36-32-62(56)67;2*1-7(2,3,4,5)6/h13-14,19-22,37-38,41-42,45-48,53-62H,11-12,15-18,23-36,39-40,43-44H2,1-10H3,(H-,70,71,76);;/q+1;2*-1/p+1/t47-,48-,53+,54+,55+,56+,57-,58-,59+,60+,61+,62+,66+,67+,68-,69-;;/m1../s1. The van der Waals surface area contributed by atoms with Gasteiger partial charge in [0.1, 0.15) is 23.6 Å². The van der Waals surface area contributed by atoms with Crippen molar-refractivity contribution in [2.75, 3.05) is 10.6 Å². The molecule has 0 aromatic carbocycles. The third kappa shape index (κ3) is 20.1. The number of carbonyl (C=O) groups is 3. The molecule has 8 aliphatic carbocycles. The summed E-state index contributed by atoms with van der Waals surface area (Å²) in [6.07, 6.45) is 39.5. The second kappa shape index (κ2) is 26.1. The van der Waals surface area contributed by atoms with Crippen molar-refractivity contribution >= 4 is 45.0 Å². The maximum atomic E-state index is 13.5. The van der Waals surface area contributed by atoms with Crippen molar-refractivity contribution in [3.8, 4) is 0 Å². The van der Waals surface area contributed by atoms with Crippen LogP contribution in [0.4, 0.5) is 66.5 Å². The Bertz CT molecular complexity index is 2820. The van der Waals surface area contributed by atoms with Gasteiger partial charge >= 0.3 is 83.9 Å². The molecule has 8 aliphatic rings. The van der Waals surface area contributed by atoms with Crippen molar-refractivity contribution in [3.63, 3.8) is 0 Å². The van der Waals surface area contributed by atoms with Gasteiger partial charge in [0.2, 0.25) is 13.1 Å². The van der Waals surface area contributed by atoms with Crippen molar-refractivity contribution in [3.05, 3.63) is 72.4 Å². The van der Waals surface area contributed by atoms with E-state index in [2.05, 4.69) is 92.0 Å². The molecule has 2 aromatic heterocycles. The number of halogens is 12. The fourth-order valence-corrected chi connectivity index (χ4v) is 19.9. The van der Waals surface area contributed by atoms with E-state index in [1.54, 1.807) is 21.5 Å². The molecule has 16 atom stereocenters. The van der Waals surface area contributed by atoms with Crippen LogP contribution < -0.4 is 19.8 Å². The zero-order chi connectivity index (χ0) is 68.0. The number of allylic oxidation sites excluding steroid dienone is 2. The van der Waals surface area contributed by atoms with E-state index in [-0.39, 0.29) is 48.1 Å². The normalized spacial score (nSPS) is 34.5. The Morgan fingerprint density at radius 3 is 1.22 bits per heavy atom. The van der Waals surface area contributed by atoms with Crippen molar-refractivity contribution in [2.24, 2.45) is 92.7 Å². The van der Waals surface area contributed by atoms with Gasteiger partial charge in [0.25, 0.3) is 0 Å². The maximum absolute atomic E-state index is 13.5. The molecule has 2 heterocycles. The first-order chi connectivity index (χ1) is 42.1. The summed E-state index contributed by atoms with van der Waals surface area (Å²) in [5.74, 6) is 9.15. The van der Waals surface area contributed by atoms with Gasteiger partial charge in [0.15, 0.2) is 24.8 Å². The molecule has 2 amide bonds. The Morgan fingerprint density at radius 1 is 0.511 bits per heavy atom. The number of ether oxygens (including phenoxy) is 2. The molecule has 524 valence electrons. The molecule has 6 fully saturated rings. The van der Waals surface area contributed by atoms with Crippen LogP contribution in [-0.4, -0.2) is 30.2 Å². The van der Waals surface area contributed by atoms with Gasteiger partial charge in [-0.2, -0.15) is 9.13 Å². The number of carbonyl (C=O) groups excluding carboxylic acids is 3. The number of anilines is 2. The molecule has 0 spiro atoms. The molecule has 2 N–H and O–H groups in total. The van der Waals surface area contributed by atoms with Gasteiger partial charge in [0.05, 0.1) is 0 Å². The minimum absolute atomic E-state index is 0.0677. The Kier molecular flexibility index (Phi) is 20.9. The Morgan fingerprint density at radius 2 is 0.870 bits per heavy atom. The number of aromatic nitrogens is 2. The van der Waals surface area contributed by atoms with E-state index in [4.69, 9.17) is 9.47 Å². The van der Waals surface area contributed by atoms with Crippen molar-refractivity contribution in [1.82, 2.24) is 0 Å². The molecule has 0 aliphatic heterocycles. The number of fused-ring (bicyclic) bond motifs is 10. The minimum atomic E-state index is -10.7. The number of esters is 2. The summed E-state index contributed by atoms with van der Waals surface area (Å²) in [5, 5.41) is 5.86. The summed E-state index contributed by atoms with van der Waals surface area (Å²) in [4.78, 5) is 40.3. The Hall–Kier alpha value is -3.99. The molecule has 0 bridgehead atoms. The summed E-state index contributed by atoms with van der Waals surface area (Å²) in [6, 6.07) is 6.86. The van der Waals surface area contributed by atoms with Crippen LogP contribution in [0, 0.1) is 92.7 Å². The van der Waals surface area contributed by atoms with Crippen LogP contribution in [0.15, 0.2) is 72.4 Å². The van der Waals surface area contributed by atoms with Gasteiger partial charge in [-0.3, -0.25) is 0 Å². The Labute approximate surface area is 537 Å². The monoisotopic (exact) mass is 1360 g/mol. The van der Waals surface area contributed by atoms with Crippen LogP contribution >= 0.6 is 15.6 Å². The molecule has 0 saturated heterocycles. The van der Waals surface area contributed by atoms with E-state index < -0.39 is 21.6 Å². The molecule has 23 heteroatoms. The van der Waals surface area contributed by atoms with Gasteiger partial charge in [-0.25, -0.2) is 14.4 Å². The van der Waals surface area contributed by atoms with Gasteiger partial charge < -0.3 is 20.1 Å². The summed E-state index contributed by atoms with van der Waals surface area (Å²) in [5.41, 5.74) is 5.54. The molecule has 92 heavy (non-hydrogen) atoms. The fraction of sp³-hybridized carbons (Fsp3) is 0.754. The first-order valence-corrected chi connectivity index (χ1v) is 38.2. The third-order valence-corrected chi connectivity index (χ3v) is 24.0. The topological polar surface area (TPSA) is 101 Å². The molecular weight excluding hydrogens is 1250 g/mol. The van der Waals surface area contributed by atoms with Crippen molar-refractivity contribution in [2.45, 2.75) is 236 Å². The predicted octanol–water partition coefficient (Wildman–Crippen LogP) is 22.6. The number of hydrogen-bond donors (Lipinski definition) is 2. The first kappa shape index (κ1) is 73.8. The molecular formula is C69H104F12N4O5P2. The molecule has 6 saturated carbocycles. The average molecular weight is 1360 g/mol. The number of urea groups is 1. The van der Waals surface area contributed by atoms with Gasteiger partial charge in [-0.1, -0.05) is 131 Å². The second-order valence-electron chi connectivity index (χ2n) is 31.3. The summed E-state index contributed by atoms with van der Waals surface area (Å²) in [7, 11) is -21.3. The van der Waals surface area contributed by atoms with Crippen LogP contribution in [0.5, 0.6) is 0 Å². The number of nitrogens with zero attached hydrogens (tertiary/aromatic N) is 2. The van der Waals surface area contributed by atoms with E-state index in [1.165, 1.54) is 114 Å². The van der Waals surface area contributed by atoms with E-state index in [1.807, 2.05) is 36.7 Å². The zero-order valence-corrected chi connectivity index (χ0v) is 57.5. The summed E-state index contributed by atoms with van der Waals surface area (Å²) < 4.78 is 134. The van der Waals surface area contributed by atoms with E-state index in [0.29, 0.717) is 22.2 Å². The van der Waals surface area contributed by atoms with Crippen molar-refractivity contribution < 1.29 is 83.4 Å². The number of hydrogen-bond acceptors (Lipinski definition) is 5. The Balaban J connectivity index is 0.000000699. The summed E-state index contributed by atoms with van der Waals surface area (Å²) in [6.45, 7) is 25.1. The van der Waals surface area contributed by atoms with Gasteiger partial charge in [-0.05, 0) is 195 Å². The van der Waals surface area contributed by atoms with Gasteiger partial charge in [-0.15, -0.1) is 0 Å². The molecule has 9 nitrogen and oxygen atoms in total. The van der Waals surface area contributed by atoms with Crippen LogP contribution in [0.3, 0.4) is 0 Å². The van der Waals surface area contributed by atoms with Crippen LogP contribution in [0.25, 0.3) is 0 Å². The van der Waals surface area contributed by atoms with Crippen LogP contribution in [0.2, 0.25) is 0 Å². The van der Waals surface area contributed by atoms with E-state index >= 15 is 0 Å². The third-order valence-electron chi connectivity index (χ3n) is 24.0.